The molecule has 106 valence electrons. The van der Waals surface area contributed by atoms with Gasteiger partial charge >= 0.3 is 5.97 Å². The second-order valence-corrected chi connectivity index (χ2v) is 4.78. The van der Waals surface area contributed by atoms with Crippen LogP contribution in [0, 0.1) is 0 Å². The van der Waals surface area contributed by atoms with Crippen molar-refractivity contribution >= 4 is 21.9 Å². The fourth-order valence-electron chi connectivity index (χ4n) is 1.76. The van der Waals surface area contributed by atoms with Crippen LogP contribution in [0.25, 0.3) is 11.3 Å². The molecule has 6 nitrogen and oxygen atoms in total. The molecule has 1 aromatic carbocycles. The maximum Gasteiger partial charge on any atom is 0.327 e. The first-order valence-electron chi connectivity index (χ1n) is 6.04. The molecule has 0 N–H and O–H groups in total. The van der Waals surface area contributed by atoms with Gasteiger partial charge in [0.25, 0.3) is 0 Å². The molecule has 7 heteroatoms. The normalized spacial score (nSPS) is 10.3. The lowest BCUT2D eigenvalue weighted by Gasteiger charge is -2.07. The molecule has 0 aliphatic rings. The monoisotopic (exact) mass is 339 g/mol. The summed E-state index contributed by atoms with van der Waals surface area (Å²) in [5.74, 6) is 0.334. The summed E-state index contributed by atoms with van der Waals surface area (Å²) in [7, 11) is 1.59. The van der Waals surface area contributed by atoms with Crippen molar-refractivity contribution in [2.24, 2.45) is 0 Å². The van der Waals surface area contributed by atoms with Gasteiger partial charge in [-0.3, -0.25) is 4.79 Å². The van der Waals surface area contributed by atoms with E-state index in [-0.39, 0.29) is 12.5 Å². The third-order valence-electron chi connectivity index (χ3n) is 2.58. The Morgan fingerprint density at radius 2 is 2.25 bits per heavy atom. The third kappa shape index (κ3) is 3.16. The second kappa shape index (κ2) is 6.51. The molecule has 0 atom stereocenters. The maximum atomic E-state index is 11.4. The number of hydrogen-bond donors (Lipinski definition) is 0. The van der Waals surface area contributed by atoms with Gasteiger partial charge < -0.3 is 9.47 Å². The second-order valence-electron chi connectivity index (χ2n) is 3.93. The van der Waals surface area contributed by atoms with E-state index in [1.54, 1.807) is 20.2 Å². The lowest BCUT2D eigenvalue weighted by Crippen LogP contribution is -2.13. The highest BCUT2D eigenvalue weighted by Gasteiger charge is 2.13. The fraction of sp³-hybridized carbons (Fsp3) is 0.308. The number of ether oxygens (including phenoxy) is 2. The smallest absolute Gasteiger partial charge is 0.327 e. The molecule has 2 rings (SSSR count). The van der Waals surface area contributed by atoms with Crippen molar-refractivity contribution in [1.29, 1.82) is 0 Å². The Kier molecular flexibility index (Phi) is 4.73. The number of hydrogen-bond acceptors (Lipinski definition) is 5. The molecule has 2 aromatic rings. The lowest BCUT2D eigenvalue weighted by atomic mass is 10.1. The molecule has 20 heavy (non-hydrogen) atoms. The summed E-state index contributed by atoms with van der Waals surface area (Å²) < 4.78 is 12.5. The fourth-order valence-corrected chi connectivity index (χ4v) is 2.28. The number of methoxy groups -OCH3 is 1. The zero-order valence-corrected chi connectivity index (χ0v) is 12.8. The van der Waals surface area contributed by atoms with E-state index >= 15 is 0 Å². The van der Waals surface area contributed by atoms with Crippen LogP contribution in [0.4, 0.5) is 0 Å². The molecule has 0 aliphatic carbocycles. The highest BCUT2D eigenvalue weighted by molar-refractivity contribution is 9.10. The molecule has 0 radical (unpaired) electrons. The molecule has 1 heterocycles. The van der Waals surface area contributed by atoms with E-state index in [1.165, 1.54) is 4.68 Å². The minimum Gasteiger partial charge on any atom is -0.495 e. The SMILES string of the molecule is CCOC(=O)Cn1cc(-c2cccc(Br)c2OC)nn1. The van der Waals surface area contributed by atoms with Crippen molar-refractivity contribution in [3.63, 3.8) is 0 Å². The van der Waals surface area contributed by atoms with E-state index in [1.807, 2.05) is 18.2 Å². The highest BCUT2D eigenvalue weighted by atomic mass is 79.9. The van der Waals surface area contributed by atoms with Gasteiger partial charge in [-0.1, -0.05) is 11.3 Å². The van der Waals surface area contributed by atoms with E-state index in [9.17, 15) is 4.79 Å². The van der Waals surface area contributed by atoms with E-state index in [0.29, 0.717) is 18.1 Å². The van der Waals surface area contributed by atoms with Gasteiger partial charge in [-0.2, -0.15) is 0 Å². The number of esters is 1. The van der Waals surface area contributed by atoms with Crippen LogP contribution < -0.4 is 4.74 Å². The number of rotatable bonds is 5. The van der Waals surface area contributed by atoms with E-state index in [0.717, 1.165) is 10.0 Å². The van der Waals surface area contributed by atoms with Crippen molar-refractivity contribution in [1.82, 2.24) is 15.0 Å². The zero-order valence-electron chi connectivity index (χ0n) is 11.2. The summed E-state index contributed by atoms with van der Waals surface area (Å²) in [4.78, 5) is 11.4. The summed E-state index contributed by atoms with van der Waals surface area (Å²) in [6.07, 6.45) is 1.68. The number of benzene rings is 1. The minimum atomic E-state index is -0.342. The van der Waals surface area contributed by atoms with Gasteiger partial charge in [0.2, 0.25) is 0 Å². The number of para-hydroxylation sites is 1. The van der Waals surface area contributed by atoms with Crippen molar-refractivity contribution in [3.8, 4) is 17.0 Å². The van der Waals surface area contributed by atoms with Gasteiger partial charge in [0, 0.05) is 5.56 Å². The van der Waals surface area contributed by atoms with E-state index in [4.69, 9.17) is 9.47 Å². The molecule has 0 bridgehead atoms. The third-order valence-corrected chi connectivity index (χ3v) is 3.21. The minimum absolute atomic E-state index is 0.0388. The van der Waals surface area contributed by atoms with Gasteiger partial charge in [-0.25, -0.2) is 4.68 Å². The molecule has 0 aliphatic heterocycles. The number of carbonyl (C=O) groups excluding carboxylic acids is 1. The van der Waals surface area contributed by atoms with E-state index < -0.39 is 0 Å². The van der Waals surface area contributed by atoms with Crippen LogP contribution in [0.15, 0.2) is 28.9 Å². The van der Waals surface area contributed by atoms with Crippen molar-refractivity contribution in [2.45, 2.75) is 13.5 Å². The maximum absolute atomic E-state index is 11.4. The van der Waals surface area contributed by atoms with Crippen LogP contribution in [-0.4, -0.2) is 34.7 Å². The molecule has 1 aromatic heterocycles. The highest BCUT2D eigenvalue weighted by Crippen LogP contribution is 2.34. The Morgan fingerprint density at radius 1 is 1.45 bits per heavy atom. The van der Waals surface area contributed by atoms with Crippen LogP contribution in [0.3, 0.4) is 0 Å². The predicted octanol–water partition coefficient (Wildman–Crippen LogP) is 2.28. The standard InChI is InChI=1S/C13H14BrN3O3/c1-3-20-12(18)8-17-7-11(15-16-17)9-5-4-6-10(14)13(9)19-2/h4-7H,3,8H2,1-2H3. The first kappa shape index (κ1) is 14.5. The van der Waals surface area contributed by atoms with Crippen molar-refractivity contribution in [2.75, 3.05) is 13.7 Å². The molecular weight excluding hydrogens is 326 g/mol. The van der Waals surface area contributed by atoms with Crippen LogP contribution in [0.2, 0.25) is 0 Å². The summed E-state index contributed by atoms with van der Waals surface area (Å²) in [6.45, 7) is 2.15. The average molecular weight is 340 g/mol. The largest absolute Gasteiger partial charge is 0.495 e. The van der Waals surface area contributed by atoms with Crippen molar-refractivity contribution in [3.05, 3.63) is 28.9 Å². The Labute approximate surface area is 124 Å². The first-order valence-corrected chi connectivity index (χ1v) is 6.83. The van der Waals surface area contributed by atoms with Gasteiger partial charge in [-0.15, -0.1) is 5.10 Å². The van der Waals surface area contributed by atoms with Gasteiger partial charge in [0.15, 0.2) is 0 Å². The summed E-state index contributed by atoms with van der Waals surface area (Å²) >= 11 is 3.42. The van der Waals surface area contributed by atoms with Gasteiger partial charge in [0.1, 0.15) is 18.0 Å². The Balaban J connectivity index is 2.25. The Bertz CT molecular complexity index is 613. The first-order chi connectivity index (χ1) is 9.65. The van der Waals surface area contributed by atoms with Crippen LogP contribution in [0.1, 0.15) is 6.92 Å². The lowest BCUT2D eigenvalue weighted by molar-refractivity contribution is -0.144. The van der Waals surface area contributed by atoms with Gasteiger partial charge in [0.05, 0.1) is 24.4 Å². The summed E-state index contributed by atoms with van der Waals surface area (Å²) in [6, 6.07) is 5.64. The molecule has 0 saturated carbocycles. The van der Waals surface area contributed by atoms with Crippen LogP contribution >= 0.6 is 15.9 Å². The van der Waals surface area contributed by atoms with Crippen LogP contribution in [-0.2, 0) is 16.1 Å². The molecule has 0 saturated heterocycles. The predicted molar refractivity (Wildman–Crippen MR) is 76.3 cm³/mol. The van der Waals surface area contributed by atoms with E-state index in [2.05, 4.69) is 26.2 Å². The Morgan fingerprint density at radius 3 is 2.95 bits per heavy atom. The molecule has 0 unspecified atom stereocenters. The molecule has 0 fully saturated rings. The van der Waals surface area contributed by atoms with Gasteiger partial charge in [-0.05, 0) is 35.0 Å². The number of nitrogens with zero attached hydrogens (tertiary/aromatic N) is 3. The Hall–Kier alpha value is -1.89. The zero-order chi connectivity index (χ0) is 14.5. The molecular formula is C13H14BrN3O3. The number of aromatic nitrogens is 3. The summed E-state index contributed by atoms with van der Waals surface area (Å²) in [5.41, 5.74) is 1.43. The number of halogens is 1. The molecule has 0 spiro atoms. The quantitative estimate of drug-likeness (QED) is 0.782. The van der Waals surface area contributed by atoms with Crippen LogP contribution in [0.5, 0.6) is 5.75 Å². The average Bonchev–Trinajstić information content (AvgIpc) is 2.87. The van der Waals surface area contributed by atoms with Crippen molar-refractivity contribution < 1.29 is 14.3 Å². The number of carbonyl (C=O) groups is 1. The summed E-state index contributed by atoms with van der Waals surface area (Å²) in [5, 5.41) is 7.97. The molecule has 0 amide bonds. The topological polar surface area (TPSA) is 66.2 Å².